The number of nitrogens with zero attached hydrogens (tertiary/aromatic N) is 3. The van der Waals surface area contributed by atoms with Gasteiger partial charge in [-0.25, -0.2) is 9.97 Å². The molecule has 2 aromatic heterocycles. The van der Waals surface area contributed by atoms with E-state index in [1.807, 2.05) is 37.3 Å². The Hall–Kier alpha value is -2.36. The van der Waals surface area contributed by atoms with Crippen molar-refractivity contribution in [1.82, 2.24) is 14.5 Å². The SMILES string of the molecule is Cc1cccc(-c2nc3cccnc3n2C2CC2)c1O. The van der Waals surface area contributed by atoms with E-state index in [1.54, 1.807) is 6.20 Å². The smallest absolute Gasteiger partial charge is 0.160 e. The predicted octanol–water partition coefficient (Wildman–Crippen LogP) is 3.45. The second-order valence-electron chi connectivity index (χ2n) is 5.35. The first-order chi connectivity index (χ1) is 9.75. The van der Waals surface area contributed by atoms with E-state index in [-0.39, 0.29) is 0 Å². The van der Waals surface area contributed by atoms with Gasteiger partial charge in [-0.3, -0.25) is 0 Å². The van der Waals surface area contributed by atoms with Crippen molar-refractivity contribution in [2.24, 2.45) is 0 Å². The fourth-order valence-electron chi connectivity index (χ4n) is 2.64. The molecular weight excluding hydrogens is 250 g/mol. The molecule has 1 aromatic carbocycles. The van der Waals surface area contributed by atoms with Gasteiger partial charge in [0.2, 0.25) is 0 Å². The second-order valence-corrected chi connectivity index (χ2v) is 5.35. The molecule has 100 valence electrons. The molecule has 1 saturated carbocycles. The zero-order valence-corrected chi connectivity index (χ0v) is 11.2. The van der Waals surface area contributed by atoms with Gasteiger partial charge < -0.3 is 9.67 Å². The molecular formula is C16H15N3O. The summed E-state index contributed by atoms with van der Waals surface area (Å²) in [6.45, 7) is 1.90. The van der Waals surface area contributed by atoms with Gasteiger partial charge >= 0.3 is 0 Å². The maximum atomic E-state index is 10.3. The fourth-order valence-corrected chi connectivity index (χ4v) is 2.64. The number of imidazole rings is 1. The number of hydrogen-bond donors (Lipinski definition) is 1. The van der Waals surface area contributed by atoms with E-state index in [4.69, 9.17) is 0 Å². The summed E-state index contributed by atoms with van der Waals surface area (Å²) in [4.78, 5) is 9.15. The third-order valence-electron chi connectivity index (χ3n) is 3.84. The number of aryl methyl sites for hydroxylation is 1. The van der Waals surface area contributed by atoms with Gasteiger partial charge in [-0.2, -0.15) is 0 Å². The molecule has 0 saturated heterocycles. The predicted molar refractivity (Wildman–Crippen MR) is 77.6 cm³/mol. The average molecular weight is 265 g/mol. The highest BCUT2D eigenvalue weighted by atomic mass is 16.3. The Morgan fingerprint density at radius 3 is 2.85 bits per heavy atom. The third-order valence-corrected chi connectivity index (χ3v) is 3.84. The van der Waals surface area contributed by atoms with Crippen LogP contribution in [0.1, 0.15) is 24.4 Å². The molecule has 0 radical (unpaired) electrons. The summed E-state index contributed by atoms with van der Waals surface area (Å²) in [7, 11) is 0. The molecule has 0 bridgehead atoms. The Morgan fingerprint density at radius 1 is 1.20 bits per heavy atom. The van der Waals surface area contributed by atoms with Crippen LogP contribution in [0, 0.1) is 6.92 Å². The van der Waals surface area contributed by atoms with Gasteiger partial charge in [-0.05, 0) is 43.5 Å². The van der Waals surface area contributed by atoms with Gasteiger partial charge in [0.15, 0.2) is 5.65 Å². The van der Waals surface area contributed by atoms with Crippen LogP contribution in [0.3, 0.4) is 0 Å². The highest BCUT2D eigenvalue weighted by Crippen LogP contribution is 2.42. The number of phenolic OH excluding ortho intramolecular Hbond substituents is 1. The van der Waals surface area contributed by atoms with Gasteiger partial charge in [0.25, 0.3) is 0 Å². The zero-order valence-electron chi connectivity index (χ0n) is 11.2. The molecule has 1 N–H and O–H groups in total. The Bertz CT molecular complexity index is 803. The average Bonchev–Trinajstić information content (AvgIpc) is 3.22. The monoisotopic (exact) mass is 265 g/mol. The van der Waals surface area contributed by atoms with Crippen LogP contribution in [-0.4, -0.2) is 19.6 Å². The summed E-state index contributed by atoms with van der Waals surface area (Å²) in [5, 5.41) is 10.3. The number of para-hydroxylation sites is 1. The molecule has 20 heavy (non-hydrogen) atoms. The van der Waals surface area contributed by atoms with Gasteiger partial charge in [-0.15, -0.1) is 0 Å². The highest BCUT2D eigenvalue weighted by molar-refractivity contribution is 5.79. The van der Waals surface area contributed by atoms with Gasteiger partial charge in [0.05, 0.1) is 5.56 Å². The summed E-state index contributed by atoms with van der Waals surface area (Å²) < 4.78 is 2.17. The third kappa shape index (κ3) is 1.61. The fraction of sp³-hybridized carbons (Fsp3) is 0.250. The first-order valence-corrected chi connectivity index (χ1v) is 6.87. The first-order valence-electron chi connectivity index (χ1n) is 6.87. The van der Waals surface area contributed by atoms with Crippen LogP contribution in [0.25, 0.3) is 22.6 Å². The van der Waals surface area contributed by atoms with Crippen LogP contribution < -0.4 is 0 Å². The molecule has 0 spiro atoms. The maximum absolute atomic E-state index is 10.3. The summed E-state index contributed by atoms with van der Waals surface area (Å²) in [5.41, 5.74) is 3.45. The molecule has 2 heterocycles. The van der Waals surface area contributed by atoms with Crippen molar-refractivity contribution in [2.45, 2.75) is 25.8 Å². The topological polar surface area (TPSA) is 50.9 Å². The Morgan fingerprint density at radius 2 is 2.05 bits per heavy atom. The lowest BCUT2D eigenvalue weighted by Gasteiger charge is -2.09. The Kier molecular flexibility index (Phi) is 2.33. The van der Waals surface area contributed by atoms with Crippen molar-refractivity contribution in [2.75, 3.05) is 0 Å². The number of benzene rings is 1. The van der Waals surface area contributed by atoms with E-state index < -0.39 is 0 Å². The minimum atomic E-state index is 0.310. The van der Waals surface area contributed by atoms with E-state index in [0.29, 0.717) is 11.8 Å². The standard InChI is InChI=1S/C16H15N3O/c1-10-4-2-5-12(14(10)20)15-18-13-6-3-9-17-16(13)19(15)11-7-8-11/h2-6,9,11,20H,7-8H2,1H3. The summed E-state index contributed by atoms with van der Waals surface area (Å²) in [6, 6.07) is 10.1. The molecule has 3 aromatic rings. The molecule has 4 nitrogen and oxygen atoms in total. The summed E-state index contributed by atoms with van der Waals surface area (Å²) in [6.07, 6.45) is 4.10. The minimum Gasteiger partial charge on any atom is -0.507 e. The van der Waals surface area contributed by atoms with E-state index >= 15 is 0 Å². The van der Waals surface area contributed by atoms with Crippen molar-refractivity contribution in [3.63, 3.8) is 0 Å². The van der Waals surface area contributed by atoms with Crippen molar-refractivity contribution < 1.29 is 5.11 Å². The van der Waals surface area contributed by atoms with Gasteiger partial charge in [0, 0.05) is 12.2 Å². The normalized spacial score (nSPS) is 14.8. The van der Waals surface area contributed by atoms with Crippen LogP contribution in [-0.2, 0) is 0 Å². The largest absolute Gasteiger partial charge is 0.507 e. The second kappa shape index (κ2) is 4.07. The zero-order chi connectivity index (χ0) is 13.7. The molecule has 0 atom stereocenters. The quantitative estimate of drug-likeness (QED) is 0.772. The Balaban J connectivity index is 2.04. The minimum absolute atomic E-state index is 0.310. The molecule has 4 rings (SSSR count). The number of hydrogen-bond acceptors (Lipinski definition) is 3. The van der Waals surface area contributed by atoms with Crippen molar-refractivity contribution in [3.05, 3.63) is 42.1 Å². The lowest BCUT2D eigenvalue weighted by Crippen LogP contribution is -1.99. The summed E-state index contributed by atoms with van der Waals surface area (Å²) >= 11 is 0. The number of pyridine rings is 1. The van der Waals surface area contributed by atoms with E-state index in [0.717, 1.165) is 41.0 Å². The Labute approximate surface area is 116 Å². The molecule has 0 aliphatic heterocycles. The maximum Gasteiger partial charge on any atom is 0.160 e. The number of phenols is 1. The molecule has 4 heteroatoms. The van der Waals surface area contributed by atoms with E-state index in [2.05, 4.69) is 14.5 Å². The van der Waals surface area contributed by atoms with Crippen LogP contribution in [0.4, 0.5) is 0 Å². The number of fused-ring (bicyclic) bond motifs is 1. The number of aromatic nitrogens is 3. The van der Waals surface area contributed by atoms with Crippen molar-refractivity contribution in [1.29, 1.82) is 0 Å². The van der Waals surface area contributed by atoms with E-state index in [9.17, 15) is 5.11 Å². The lowest BCUT2D eigenvalue weighted by atomic mass is 10.1. The van der Waals surface area contributed by atoms with Gasteiger partial charge in [-0.1, -0.05) is 12.1 Å². The van der Waals surface area contributed by atoms with Crippen LogP contribution in [0.2, 0.25) is 0 Å². The van der Waals surface area contributed by atoms with E-state index in [1.165, 1.54) is 0 Å². The molecule has 1 aliphatic carbocycles. The summed E-state index contributed by atoms with van der Waals surface area (Å²) in [5.74, 6) is 1.13. The molecule has 0 amide bonds. The van der Waals surface area contributed by atoms with Crippen molar-refractivity contribution >= 4 is 11.2 Å². The van der Waals surface area contributed by atoms with Gasteiger partial charge in [0.1, 0.15) is 17.1 Å². The first kappa shape index (κ1) is 11.5. The molecule has 1 aliphatic rings. The highest BCUT2D eigenvalue weighted by Gasteiger charge is 2.30. The van der Waals surface area contributed by atoms with Crippen molar-refractivity contribution in [3.8, 4) is 17.1 Å². The number of rotatable bonds is 2. The molecule has 0 unspecified atom stereocenters. The van der Waals surface area contributed by atoms with Crippen LogP contribution in [0.15, 0.2) is 36.5 Å². The molecule has 1 fully saturated rings. The van der Waals surface area contributed by atoms with Crippen LogP contribution in [0.5, 0.6) is 5.75 Å². The van der Waals surface area contributed by atoms with Crippen LogP contribution >= 0.6 is 0 Å². The lowest BCUT2D eigenvalue weighted by molar-refractivity contribution is 0.472. The number of aromatic hydroxyl groups is 1.